The lowest BCUT2D eigenvalue weighted by Gasteiger charge is -2.43. The van der Waals surface area contributed by atoms with E-state index >= 15 is 0 Å². The van der Waals surface area contributed by atoms with Crippen molar-refractivity contribution in [2.75, 3.05) is 19.6 Å². The summed E-state index contributed by atoms with van der Waals surface area (Å²) in [5.41, 5.74) is 4.08. The third-order valence-electron chi connectivity index (χ3n) is 6.50. The van der Waals surface area contributed by atoms with Crippen LogP contribution in [0.4, 0.5) is 0 Å². The van der Waals surface area contributed by atoms with Crippen LogP contribution in [-0.2, 0) is 0 Å². The topological polar surface area (TPSA) is 45.2 Å². The van der Waals surface area contributed by atoms with E-state index in [4.69, 9.17) is 0 Å². The molecule has 2 fully saturated rings. The summed E-state index contributed by atoms with van der Waals surface area (Å²) < 4.78 is 0. The van der Waals surface area contributed by atoms with Gasteiger partial charge in [-0.05, 0) is 75.5 Å². The zero-order valence-electron chi connectivity index (χ0n) is 16.9. The van der Waals surface area contributed by atoms with Gasteiger partial charge in [0.25, 0.3) is 5.91 Å². The molecule has 1 amide bonds. The Bertz CT molecular complexity index is 803. The van der Waals surface area contributed by atoms with Gasteiger partial charge in [-0.25, -0.2) is 0 Å². The highest BCUT2D eigenvalue weighted by atomic mass is 16.1. The maximum absolute atomic E-state index is 12.8. The van der Waals surface area contributed by atoms with Gasteiger partial charge in [-0.15, -0.1) is 0 Å². The van der Waals surface area contributed by atoms with Crippen LogP contribution in [0, 0.1) is 6.92 Å². The Balaban J connectivity index is 1.41. The highest BCUT2D eigenvalue weighted by Crippen LogP contribution is 2.36. The quantitative estimate of drug-likeness (QED) is 0.829. The van der Waals surface area contributed by atoms with E-state index in [1.165, 1.54) is 63.6 Å². The molecular weight excluding hydrogens is 346 g/mol. The molecule has 2 aliphatic rings. The van der Waals surface area contributed by atoms with E-state index in [9.17, 15) is 4.79 Å². The first-order chi connectivity index (χ1) is 13.7. The second kappa shape index (κ2) is 8.44. The SMILES string of the molecule is Cc1ccnc(-c2ccc(C(=O)NCC3(N4CCCCC4)CCCC3)cc2)c1. The Kier molecular flexibility index (Phi) is 5.77. The van der Waals surface area contributed by atoms with Gasteiger partial charge < -0.3 is 5.32 Å². The summed E-state index contributed by atoms with van der Waals surface area (Å²) in [6.45, 7) is 5.21. The van der Waals surface area contributed by atoms with E-state index in [0.29, 0.717) is 0 Å². The standard InChI is InChI=1S/C24H31N3O/c1-19-11-14-25-22(17-19)20-7-9-21(10-8-20)23(28)26-18-24(12-3-4-13-24)27-15-5-2-6-16-27/h7-11,14,17H,2-6,12-13,15-16,18H2,1H3,(H,26,28). The number of benzene rings is 1. The number of pyridine rings is 1. The molecule has 1 aliphatic heterocycles. The van der Waals surface area contributed by atoms with Crippen LogP contribution in [0.25, 0.3) is 11.3 Å². The van der Waals surface area contributed by atoms with Crippen LogP contribution in [0.1, 0.15) is 60.9 Å². The molecule has 1 aromatic heterocycles. The first kappa shape index (κ1) is 19.1. The lowest BCUT2D eigenvalue weighted by molar-refractivity contribution is 0.0642. The van der Waals surface area contributed by atoms with Crippen LogP contribution >= 0.6 is 0 Å². The predicted octanol–water partition coefficient (Wildman–Crippen LogP) is 4.59. The number of likely N-dealkylation sites (tertiary alicyclic amines) is 1. The van der Waals surface area contributed by atoms with Gasteiger partial charge >= 0.3 is 0 Å². The molecule has 2 aromatic rings. The van der Waals surface area contributed by atoms with Crippen molar-refractivity contribution in [1.29, 1.82) is 0 Å². The number of hydrogen-bond acceptors (Lipinski definition) is 3. The minimum Gasteiger partial charge on any atom is -0.350 e. The fourth-order valence-corrected chi connectivity index (χ4v) is 4.84. The molecule has 4 nitrogen and oxygen atoms in total. The molecule has 28 heavy (non-hydrogen) atoms. The lowest BCUT2D eigenvalue weighted by atomic mass is 9.92. The van der Waals surface area contributed by atoms with Gasteiger partial charge in [0.1, 0.15) is 0 Å². The molecule has 0 spiro atoms. The Morgan fingerprint density at radius 1 is 1.04 bits per heavy atom. The second-order valence-electron chi connectivity index (χ2n) is 8.46. The Morgan fingerprint density at radius 3 is 2.43 bits per heavy atom. The van der Waals surface area contributed by atoms with E-state index in [2.05, 4.69) is 28.2 Å². The molecule has 4 heteroatoms. The number of aromatic nitrogens is 1. The van der Waals surface area contributed by atoms with Gasteiger partial charge in [0, 0.05) is 29.4 Å². The van der Waals surface area contributed by atoms with Crippen molar-refractivity contribution in [2.24, 2.45) is 0 Å². The van der Waals surface area contributed by atoms with Gasteiger partial charge in [-0.2, -0.15) is 0 Å². The Morgan fingerprint density at radius 2 is 1.75 bits per heavy atom. The van der Waals surface area contributed by atoms with Gasteiger partial charge in [-0.1, -0.05) is 31.4 Å². The highest BCUT2D eigenvalue weighted by molar-refractivity contribution is 5.94. The number of aryl methyl sites for hydroxylation is 1. The molecule has 1 N–H and O–H groups in total. The number of piperidine rings is 1. The maximum atomic E-state index is 12.8. The number of carbonyl (C=O) groups excluding carboxylic acids is 1. The third-order valence-corrected chi connectivity index (χ3v) is 6.50. The average Bonchev–Trinajstić information content (AvgIpc) is 3.23. The molecule has 148 valence electrons. The monoisotopic (exact) mass is 377 g/mol. The van der Waals surface area contributed by atoms with Gasteiger partial charge in [0.15, 0.2) is 0 Å². The summed E-state index contributed by atoms with van der Waals surface area (Å²) in [7, 11) is 0. The molecule has 0 radical (unpaired) electrons. The molecule has 0 bridgehead atoms. The number of nitrogens with one attached hydrogen (secondary N) is 1. The summed E-state index contributed by atoms with van der Waals surface area (Å²) in [5, 5.41) is 3.25. The zero-order valence-corrected chi connectivity index (χ0v) is 16.9. The first-order valence-electron chi connectivity index (χ1n) is 10.7. The molecule has 4 rings (SSSR count). The molecule has 0 atom stereocenters. The van der Waals surface area contributed by atoms with E-state index < -0.39 is 0 Å². The van der Waals surface area contributed by atoms with Crippen LogP contribution in [0.3, 0.4) is 0 Å². The summed E-state index contributed by atoms with van der Waals surface area (Å²) >= 11 is 0. The fourth-order valence-electron chi connectivity index (χ4n) is 4.84. The van der Waals surface area contributed by atoms with Crippen LogP contribution in [-0.4, -0.2) is 41.0 Å². The minimum atomic E-state index is 0.0343. The van der Waals surface area contributed by atoms with Crippen molar-refractivity contribution in [3.05, 3.63) is 53.7 Å². The summed E-state index contributed by atoms with van der Waals surface area (Å²) in [6.07, 6.45) is 10.8. The van der Waals surface area contributed by atoms with E-state index in [-0.39, 0.29) is 11.4 Å². The van der Waals surface area contributed by atoms with Crippen molar-refractivity contribution < 1.29 is 4.79 Å². The molecular formula is C24H31N3O. The average molecular weight is 378 g/mol. The van der Waals surface area contributed by atoms with Gasteiger partial charge in [-0.3, -0.25) is 14.7 Å². The maximum Gasteiger partial charge on any atom is 0.251 e. The predicted molar refractivity (Wildman–Crippen MR) is 113 cm³/mol. The van der Waals surface area contributed by atoms with E-state index in [1.807, 2.05) is 36.5 Å². The van der Waals surface area contributed by atoms with E-state index in [0.717, 1.165) is 23.4 Å². The van der Waals surface area contributed by atoms with Crippen molar-refractivity contribution in [3.8, 4) is 11.3 Å². The molecule has 1 aliphatic carbocycles. The normalized spacial score (nSPS) is 19.5. The number of rotatable bonds is 5. The fraction of sp³-hybridized carbons (Fsp3) is 0.500. The first-order valence-corrected chi connectivity index (χ1v) is 10.7. The van der Waals surface area contributed by atoms with Crippen molar-refractivity contribution in [3.63, 3.8) is 0 Å². The molecule has 1 aromatic carbocycles. The van der Waals surface area contributed by atoms with Crippen molar-refractivity contribution in [1.82, 2.24) is 15.2 Å². The zero-order chi connectivity index (χ0) is 19.4. The number of nitrogens with zero attached hydrogens (tertiary/aromatic N) is 2. The van der Waals surface area contributed by atoms with Crippen molar-refractivity contribution >= 4 is 5.91 Å². The van der Waals surface area contributed by atoms with Crippen LogP contribution in [0.15, 0.2) is 42.6 Å². The lowest BCUT2D eigenvalue weighted by Crippen LogP contribution is -2.55. The van der Waals surface area contributed by atoms with E-state index in [1.54, 1.807) is 0 Å². The van der Waals surface area contributed by atoms with Gasteiger partial charge in [0.05, 0.1) is 5.69 Å². The Labute approximate surface area is 168 Å². The molecule has 1 saturated heterocycles. The largest absolute Gasteiger partial charge is 0.350 e. The van der Waals surface area contributed by atoms with Crippen LogP contribution in [0.2, 0.25) is 0 Å². The van der Waals surface area contributed by atoms with Crippen LogP contribution < -0.4 is 5.32 Å². The second-order valence-corrected chi connectivity index (χ2v) is 8.46. The minimum absolute atomic E-state index is 0.0343. The van der Waals surface area contributed by atoms with Gasteiger partial charge in [0.2, 0.25) is 0 Å². The highest BCUT2D eigenvalue weighted by Gasteiger charge is 2.40. The Hall–Kier alpha value is -2.20. The number of amides is 1. The summed E-state index contributed by atoms with van der Waals surface area (Å²) in [4.78, 5) is 19.9. The summed E-state index contributed by atoms with van der Waals surface area (Å²) in [6, 6.07) is 11.9. The smallest absolute Gasteiger partial charge is 0.251 e. The number of hydrogen-bond donors (Lipinski definition) is 1. The molecule has 0 unspecified atom stereocenters. The summed E-state index contributed by atoms with van der Waals surface area (Å²) in [5.74, 6) is 0.0343. The molecule has 2 heterocycles. The van der Waals surface area contributed by atoms with Crippen molar-refractivity contribution in [2.45, 2.75) is 57.4 Å². The third kappa shape index (κ3) is 4.12. The molecule has 1 saturated carbocycles. The number of carbonyl (C=O) groups is 1. The van der Waals surface area contributed by atoms with Crippen LogP contribution in [0.5, 0.6) is 0 Å².